The summed E-state index contributed by atoms with van der Waals surface area (Å²) in [5, 5.41) is 9.14. The number of rotatable bonds is 4. The molecule has 1 aliphatic heterocycles. The minimum atomic E-state index is -0.182. The van der Waals surface area contributed by atoms with Crippen LogP contribution in [0, 0.1) is 5.92 Å². The Bertz CT molecular complexity index is 618. The topological polar surface area (TPSA) is 79.5 Å². The van der Waals surface area contributed by atoms with E-state index >= 15 is 0 Å². The van der Waals surface area contributed by atoms with Crippen LogP contribution in [0.5, 0.6) is 5.75 Å². The molecule has 1 aliphatic carbocycles. The van der Waals surface area contributed by atoms with E-state index in [1.165, 1.54) is 32.6 Å². The fourth-order valence-corrected chi connectivity index (χ4v) is 3.82. The molecule has 2 amide bonds. The zero-order chi connectivity index (χ0) is 17.1. The molecule has 3 N–H and O–H groups in total. The second kappa shape index (κ2) is 7.21. The van der Waals surface area contributed by atoms with E-state index < -0.39 is 0 Å². The van der Waals surface area contributed by atoms with Crippen molar-refractivity contribution in [3.63, 3.8) is 0 Å². The van der Waals surface area contributed by atoms with Crippen LogP contribution in [0.25, 0.3) is 0 Å². The van der Waals surface area contributed by atoms with Crippen LogP contribution in [0.2, 0.25) is 0 Å². The number of anilines is 2. The van der Waals surface area contributed by atoms with Crippen molar-refractivity contribution < 1.29 is 14.3 Å². The molecule has 1 saturated carbocycles. The lowest BCUT2D eigenvalue weighted by Gasteiger charge is -2.24. The number of fused-ring (bicyclic) bond motifs is 1. The first-order chi connectivity index (χ1) is 11.6. The molecule has 0 radical (unpaired) electrons. The van der Waals surface area contributed by atoms with Crippen LogP contribution in [-0.4, -0.2) is 31.0 Å². The van der Waals surface area contributed by atoms with Crippen molar-refractivity contribution in [3.8, 4) is 5.75 Å². The van der Waals surface area contributed by atoms with E-state index in [0.29, 0.717) is 29.1 Å². The van der Waals surface area contributed by atoms with Gasteiger partial charge in [-0.1, -0.05) is 12.8 Å². The number of hydrogen-bond donors (Lipinski definition) is 3. The summed E-state index contributed by atoms with van der Waals surface area (Å²) in [5.41, 5.74) is 1.21. The van der Waals surface area contributed by atoms with E-state index in [1.807, 2.05) is 0 Å². The van der Waals surface area contributed by atoms with E-state index in [2.05, 4.69) is 16.0 Å². The van der Waals surface area contributed by atoms with Gasteiger partial charge in [0, 0.05) is 18.7 Å². The van der Waals surface area contributed by atoms with Crippen molar-refractivity contribution in [2.75, 3.05) is 17.7 Å². The van der Waals surface area contributed by atoms with Crippen LogP contribution in [-0.2, 0) is 9.59 Å². The molecule has 2 fully saturated rings. The third-order valence-electron chi connectivity index (χ3n) is 4.96. The maximum Gasteiger partial charge on any atom is 0.241 e. The maximum absolute atomic E-state index is 12.6. The van der Waals surface area contributed by atoms with Crippen molar-refractivity contribution in [1.29, 1.82) is 0 Å². The van der Waals surface area contributed by atoms with Crippen LogP contribution in [0.3, 0.4) is 0 Å². The Labute approximate surface area is 142 Å². The highest BCUT2D eigenvalue weighted by Gasteiger charge is 2.38. The molecule has 24 heavy (non-hydrogen) atoms. The quantitative estimate of drug-likeness (QED) is 0.792. The molecule has 1 aromatic carbocycles. The Hall–Kier alpha value is -2.08. The van der Waals surface area contributed by atoms with Gasteiger partial charge in [-0.05, 0) is 43.4 Å². The monoisotopic (exact) mass is 331 g/mol. The van der Waals surface area contributed by atoms with E-state index in [0.717, 1.165) is 6.42 Å². The molecule has 130 valence electrons. The number of methoxy groups -OCH3 is 1. The SMILES string of the molecule is COc1ccc(NC(=O)C2CC3CCCCC3N2)cc1NC(C)=O. The fraction of sp³-hybridized carbons (Fsp3) is 0.556. The number of amides is 2. The Morgan fingerprint density at radius 1 is 1.21 bits per heavy atom. The number of hydrogen-bond acceptors (Lipinski definition) is 4. The Balaban J connectivity index is 1.67. The smallest absolute Gasteiger partial charge is 0.241 e. The summed E-state index contributed by atoms with van der Waals surface area (Å²) in [6.07, 6.45) is 5.82. The van der Waals surface area contributed by atoms with Gasteiger partial charge in [0.25, 0.3) is 0 Å². The lowest BCUT2D eigenvalue weighted by atomic mass is 9.85. The highest BCUT2D eigenvalue weighted by atomic mass is 16.5. The second-order valence-electron chi connectivity index (χ2n) is 6.69. The minimum Gasteiger partial charge on any atom is -0.495 e. The molecule has 0 spiro atoms. The first kappa shape index (κ1) is 16.8. The molecular formula is C18H25N3O3. The summed E-state index contributed by atoms with van der Waals surface area (Å²) in [7, 11) is 1.54. The molecule has 1 aromatic rings. The molecular weight excluding hydrogens is 306 g/mol. The molecule has 6 nitrogen and oxygen atoms in total. The van der Waals surface area contributed by atoms with E-state index in [9.17, 15) is 9.59 Å². The summed E-state index contributed by atoms with van der Waals surface area (Å²) >= 11 is 0. The van der Waals surface area contributed by atoms with Gasteiger partial charge in [-0.2, -0.15) is 0 Å². The first-order valence-electron chi connectivity index (χ1n) is 8.59. The lowest BCUT2D eigenvalue weighted by Crippen LogP contribution is -2.39. The predicted molar refractivity (Wildman–Crippen MR) is 93.2 cm³/mol. The van der Waals surface area contributed by atoms with Gasteiger partial charge in [-0.25, -0.2) is 0 Å². The van der Waals surface area contributed by atoms with Crippen LogP contribution in [0.15, 0.2) is 18.2 Å². The average Bonchev–Trinajstić information content (AvgIpc) is 2.99. The maximum atomic E-state index is 12.6. The summed E-state index contributed by atoms with van der Waals surface area (Å²) in [4.78, 5) is 23.9. The van der Waals surface area contributed by atoms with E-state index in [4.69, 9.17) is 4.74 Å². The largest absolute Gasteiger partial charge is 0.495 e. The molecule has 0 bridgehead atoms. The van der Waals surface area contributed by atoms with Crippen LogP contribution in [0.1, 0.15) is 39.0 Å². The third kappa shape index (κ3) is 3.70. The van der Waals surface area contributed by atoms with Gasteiger partial charge in [0.15, 0.2) is 0 Å². The zero-order valence-corrected chi connectivity index (χ0v) is 14.2. The van der Waals surface area contributed by atoms with Gasteiger partial charge in [0.1, 0.15) is 5.75 Å². The summed E-state index contributed by atoms with van der Waals surface area (Å²) < 4.78 is 5.23. The Kier molecular flexibility index (Phi) is 5.04. The fourth-order valence-electron chi connectivity index (χ4n) is 3.82. The standard InChI is InChI=1S/C18H25N3O3/c1-11(22)19-15-10-13(7-8-17(15)24-2)20-18(23)16-9-12-5-3-4-6-14(12)21-16/h7-8,10,12,14,16,21H,3-6,9H2,1-2H3,(H,19,22)(H,20,23). The summed E-state index contributed by atoms with van der Waals surface area (Å²) in [5.74, 6) is 0.996. The number of carbonyl (C=O) groups is 2. The predicted octanol–water partition coefficient (Wildman–Crippen LogP) is 2.51. The summed E-state index contributed by atoms with van der Waals surface area (Å²) in [6, 6.07) is 5.59. The first-order valence-corrected chi connectivity index (χ1v) is 8.59. The highest BCUT2D eigenvalue weighted by molar-refractivity contribution is 5.97. The van der Waals surface area contributed by atoms with Crippen molar-refractivity contribution in [1.82, 2.24) is 5.32 Å². The Morgan fingerprint density at radius 3 is 2.71 bits per heavy atom. The van der Waals surface area contributed by atoms with E-state index in [1.54, 1.807) is 25.3 Å². The zero-order valence-electron chi connectivity index (χ0n) is 14.2. The van der Waals surface area contributed by atoms with Crippen LogP contribution >= 0.6 is 0 Å². The minimum absolute atomic E-state index is 0.0108. The normalized spacial score (nSPS) is 25.7. The number of nitrogens with one attached hydrogen (secondary N) is 3. The average molecular weight is 331 g/mol. The van der Waals surface area contributed by atoms with Crippen molar-refractivity contribution in [3.05, 3.63) is 18.2 Å². The number of benzene rings is 1. The molecule has 1 saturated heterocycles. The lowest BCUT2D eigenvalue weighted by molar-refractivity contribution is -0.118. The van der Waals surface area contributed by atoms with Crippen LogP contribution < -0.4 is 20.7 Å². The van der Waals surface area contributed by atoms with Gasteiger partial charge >= 0.3 is 0 Å². The third-order valence-corrected chi connectivity index (χ3v) is 4.96. The highest BCUT2D eigenvalue weighted by Crippen LogP contribution is 2.34. The van der Waals surface area contributed by atoms with Gasteiger partial charge in [0.2, 0.25) is 11.8 Å². The van der Waals surface area contributed by atoms with Gasteiger partial charge in [-0.3, -0.25) is 9.59 Å². The number of carbonyl (C=O) groups excluding carboxylic acids is 2. The molecule has 1 heterocycles. The van der Waals surface area contributed by atoms with E-state index in [-0.39, 0.29) is 17.9 Å². The molecule has 6 heteroatoms. The molecule has 3 atom stereocenters. The summed E-state index contributed by atoms with van der Waals surface area (Å²) in [6.45, 7) is 1.44. The van der Waals surface area contributed by atoms with Gasteiger partial charge < -0.3 is 20.7 Å². The molecule has 3 unspecified atom stereocenters. The second-order valence-corrected chi connectivity index (χ2v) is 6.69. The van der Waals surface area contributed by atoms with Crippen molar-refractivity contribution in [2.45, 2.75) is 51.1 Å². The van der Waals surface area contributed by atoms with Crippen molar-refractivity contribution in [2.24, 2.45) is 5.92 Å². The molecule has 0 aromatic heterocycles. The Morgan fingerprint density at radius 2 is 2.00 bits per heavy atom. The molecule has 3 rings (SSSR count). The van der Waals surface area contributed by atoms with Crippen LogP contribution in [0.4, 0.5) is 11.4 Å². The van der Waals surface area contributed by atoms with Gasteiger partial charge in [-0.15, -0.1) is 0 Å². The van der Waals surface area contributed by atoms with Gasteiger partial charge in [0.05, 0.1) is 18.8 Å². The van der Waals surface area contributed by atoms with Crippen molar-refractivity contribution >= 4 is 23.2 Å². The number of ether oxygens (including phenoxy) is 1. The molecule has 2 aliphatic rings.